The summed E-state index contributed by atoms with van der Waals surface area (Å²) in [5, 5.41) is 8.85. The average molecular weight is 594 g/mol. The summed E-state index contributed by atoms with van der Waals surface area (Å²) < 4.78 is 15.7. The standard InChI is InChI=1S/C24H23BrCl2N6OS/c25-19-13-30-33-23(29-12-16-3-1-7-28-11-16)10-22(31-24(19)33)17-4-2-8-32(14-17)15-35(34)18-5-6-20(26)21(27)9-18/h1,3,5-7,9-11,13,17,29H,2,4,8,12,14-15H2. The highest BCUT2D eigenvalue weighted by Gasteiger charge is 2.25. The summed E-state index contributed by atoms with van der Waals surface area (Å²) in [6, 6.07) is 11.2. The minimum absolute atomic E-state index is 0.222. The van der Waals surface area contributed by atoms with E-state index in [1.165, 1.54) is 0 Å². The first-order valence-electron chi connectivity index (χ1n) is 11.2. The Morgan fingerprint density at radius 3 is 2.86 bits per heavy atom. The number of hydrogen-bond donors (Lipinski definition) is 1. The molecule has 35 heavy (non-hydrogen) atoms. The number of fused-ring (bicyclic) bond motifs is 1. The first-order valence-corrected chi connectivity index (χ1v) is 14.1. The minimum Gasteiger partial charge on any atom is -0.366 e. The van der Waals surface area contributed by atoms with Crippen molar-refractivity contribution in [2.45, 2.75) is 30.2 Å². The number of nitrogens with one attached hydrogen (secondary N) is 1. The molecule has 0 saturated carbocycles. The van der Waals surface area contributed by atoms with Crippen LogP contribution in [0.2, 0.25) is 10.0 Å². The number of anilines is 1. The maximum atomic E-state index is 13.0. The summed E-state index contributed by atoms with van der Waals surface area (Å²) in [4.78, 5) is 12.1. The van der Waals surface area contributed by atoms with Crippen LogP contribution in [0.15, 0.2) is 64.4 Å². The summed E-state index contributed by atoms with van der Waals surface area (Å²) in [7, 11) is -1.20. The third kappa shape index (κ3) is 5.70. The lowest BCUT2D eigenvalue weighted by atomic mass is 9.95. The molecule has 5 rings (SSSR count). The number of benzene rings is 1. The van der Waals surface area contributed by atoms with Crippen LogP contribution >= 0.6 is 39.1 Å². The molecule has 2 atom stereocenters. The van der Waals surface area contributed by atoms with Crippen molar-refractivity contribution in [1.82, 2.24) is 24.5 Å². The van der Waals surface area contributed by atoms with Crippen LogP contribution < -0.4 is 5.32 Å². The van der Waals surface area contributed by atoms with Crippen molar-refractivity contribution in [3.05, 3.63) is 80.8 Å². The van der Waals surface area contributed by atoms with Crippen LogP contribution in [0.25, 0.3) is 5.65 Å². The third-order valence-corrected chi connectivity index (χ3v) is 8.70. The highest BCUT2D eigenvalue weighted by atomic mass is 79.9. The van der Waals surface area contributed by atoms with E-state index in [2.05, 4.69) is 42.3 Å². The highest BCUT2D eigenvalue weighted by Crippen LogP contribution is 2.31. The van der Waals surface area contributed by atoms with Gasteiger partial charge in [0.15, 0.2) is 5.65 Å². The van der Waals surface area contributed by atoms with Crippen molar-refractivity contribution in [3.63, 3.8) is 0 Å². The van der Waals surface area contributed by atoms with Crippen LogP contribution in [-0.4, -0.2) is 47.7 Å². The van der Waals surface area contributed by atoms with Gasteiger partial charge in [-0.3, -0.25) is 14.1 Å². The summed E-state index contributed by atoms with van der Waals surface area (Å²) in [5.41, 5.74) is 2.85. The number of pyridine rings is 1. The predicted molar refractivity (Wildman–Crippen MR) is 144 cm³/mol. The Kier molecular flexibility index (Phi) is 7.69. The zero-order chi connectivity index (χ0) is 24.4. The van der Waals surface area contributed by atoms with Gasteiger partial charge in [-0.05, 0) is 65.1 Å². The SMILES string of the molecule is O=S(CN1CCCC(c2cc(NCc3cccnc3)n3ncc(Br)c3n2)C1)c1ccc(Cl)c(Cl)c1. The molecule has 0 radical (unpaired) electrons. The lowest BCUT2D eigenvalue weighted by Gasteiger charge is -2.32. The molecule has 0 spiro atoms. The molecule has 182 valence electrons. The molecule has 3 aromatic heterocycles. The molecule has 2 unspecified atom stereocenters. The van der Waals surface area contributed by atoms with Crippen molar-refractivity contribution < 1.29 is 4.21 Å². The van der Waals surface area contributed by atoms with E-state index in [4.69, 9.17) is 28.2 Å². The van der Waals surface area contributed by atoms with Gasteiger partial charge in [-0.1, -0.05) is 29.3 Å². The number of aromatic nitrogens is 4. The van der Waals surface area contributed by atoms with E-state index in [0.717, 1.165) is 53.1 Å². The summed E-state index contributed by atoms with van der Waals surface area (Å²) >= 11 is 15.7. The van der Waals surface area contributed by atoms with Crippen molar-refractivity contribution in [3.8, 4) is 0 Å². The van der Waals surface area contributed by atoms with Crippen LogP contribution in [0.5, 0.6) is 0 Å². The van der Waals surface area contributed by atoms with E-state index in [1.807, 2.05) is 22.8 Å². The zero-order valence-corrected chi connectivity index (χ0v) is 22.6. The molecule has 0 amide bonds. The Balaban J connectivity index is 1.34. The van der Waals surface area contributed by atoms with Gasteiger partial charge in [0.05, 0.1) is 43.1 Å². The van der Waals surface area contributed by atoms with Gasteiger partial charge in [-0.15, -0.1) is 0 Å². The largest absolute Gasteiger partial charge is 0.366 e. The van der Waals surface area contributed by atoms with Crippen molar-refractivity contribution >= 4 is 61.4 Å². The number of halogens is 3. The molecule has 11 heteroatoms. The van der Waals surface area contributed by atoms with E-state index >= 15 is 0 Å². The molecule has 0 aliphatic carbocycles. The summed E-state index contributed by atoms with van der Waals surface area (Å²) in [6.07, 6.45) is 7.40. The van der Waals surface area contributed by atoms with Gasteiger partial charge in [0.2, 0.25) is 0 Å². The molecule has 0 bridgehead atoms. The van der Waals surface area contributed by atoms with E-state index in [-0.39, 0.29) is 5.92 Å². The Bertz CT molecular complexity index is 1370. The van der Waals surface area contributed by atoms with Crippen molar-refractivity contribution in [2.75, 3.05) is 24.3 Å². The zero-order valence-electron chi connectivity index (χ0n) is 18.7. The molecule has 1 aromatic carbocycles. The normalized spacial score (nSPS) is 17.5. The second-order valence-corrected chi connectivity index (χ2v) is 11.6. The van der Waals surface area contributed by atoms with Gasteiger partial charge in [0.25, 0.3) is 0 Å². The van der Waals surface area contributed by atoms with E-state index in [1.54, 1.807) is 30.6 Å². The Labute approximate surface area is 224 Å². The van der Waals surface area contributed by atoms with Crippen LogP contribution in [-0.2, 0) is 17.3 Å². The minimum atomic E-state index is -1.20. The number of rotatable bonds is 7. The Morgan fingerprint density at radius 1 is 1.17 bits per heavy atom. The lowest BCUT2D eigenvalue weighted by molar-refractivity contribution is 0.237. The fourth-order valence-corrected chi connectivity index (χ4v) is 6.15. The second kappa shape index (κ2) is 10.9. The number of hydrogen-bond acceptors (Lipinski definition) is 6. The monoisotopic (exact) mass is 592 g/mol. The van der Waals surface area contributed by atoms with Gasteiger partial charge < -0.3 is 5.32 Å². The van der Waals surface area contributed by atoms with Crippen molar-refractivity contribution in [2.24, 2.45) is 0 Å². The molecule has 1 N–H and O–H groups in total. The van der Waals surface area contributed by atoms with E-state index in [0.29, 0.717) is 27.4 Å². The first kappa shape index (κ1) is 24.6. The fraction of sp³-hybridized carbons (Fsp3) is 0.292. The molecule has 4 aromatic rings. The highest BCUT2D eigenvalue weighted by molar-refractivity contribution is 9.10. The van der Waals surface area contributed by atoms with Gasteiger partial charge in [-0.25, -0.2) is 4.98 Å². The van der Waals surface area contributed by atoms with Crippen LogP contribution in [0.3, 0.4) is 0 Å². The molecule has 1 fully saturated rings. The van der Waals surface area contributed by atoms with E-state index < -0.39 is 10.8 Å². The van der Waals surface area contributed by atoms with Gasteiger partial charge in [0, 0.05) is 42.4 Å². The third-order valence-electron chi connectivity index (χ3n) is 6.02. The Hall–Kier alpha value is -2.04. The molecular weight excluding hydrogens is 571 g/mol. The average Bonchev–Trinajstić information content (AvgIpc) is 3.25. The number of nitrogens with zero attached hydrogens (tertiary/aromatic N) is 5. The van der Waals surface area contributed by atoms with E-state index in [9.17, 15) is 4.21 Å². The van der Waals surface area contributed by atoms with Gasteiger partial charge >= 0.3 is 0 Å². The molecule has 4 heterocycles. The van der Waals surface area contributed by atoms with Gasteiger partial charge in [-0.2, -0.15) is 9.61 Å². The van der Waals surface area contributed by atoms with Crippen LogP contribution in [0, 0.1) is 0 Å². The Morgan fingerprint density at radius 2 is 2.06 bits per heavy atom. The van der Waals surface area contributed by atoms with Crippen molar-refractivity contribution in [1.29, 1.82) is 0 Å². The molecule has 1 aliphatic rings. The second-order valence-electron chi connectivity index (χ2n) is 8.48. The maximum absolute atomic E-state index is 13.0. The molecule has 1 saturated heterocycles. The lowest BCUT2D eigenvalue weighted by Crippen LogP contribution is -2.36. The van der Waals surface area contributed by atoms with Crippen LogP contribution in [0.4, 0.5) is 5.82 Å². The fourth-order valence-electron chi connectivity index (χ4n) is 4.26. The van der Waals surface area contributed by atoms with Gasteiger partial charge in [0.1, 0.15) is 5.82 Å². The summed E-state index contributed by atoms with van der Waals surface area (Å²) in [6.45, 7) is 2.31. The molecule has 1 aliphatic heterocycles. The van der Waals surface area contributed by atoms with Crippen LogP contribution in [0.1, 0.15) is 30.0 Å². The smallest absolute Gasteiger partial charge is 0.171 e. The molecule has 7 nitrogen and oxygen atoms in total. The molecular formula is C24H23BrCl2N6OS. The number of piperidine rings is 1. The maximum Gasteiger partial charge on any atom is 0.171 e. The first-order chi connectivity index (χ1) is 17.0. The number of likely N-dealkylation sites (tertiary alicyclic amines) is 1. The topological polar surface area (TPSA) is 75.4 Å². The quantitative estimate of drug-likeness (QED) is 0.294. The summed E-state index contributed by atoms with van der Waals surface area (Å²) in [5.74, 6) is 1.54. The predicted octanol–water partition coefficient (Wildman–Crippen LogP) is 5.75.